The Kier molecular flexibility index (Phi) is 3.92. The standard InChI is InChI=1S/C16H27N.ClH/c1-3-13-5-11(1)7-15(13)9-17-10-16-8-12-2-4-14(16)6-12;/h11-17H,1-10H2;1H. The molecule has 4 saturated carbocycles. The van der Waals surface area contributed by atoms with Crippen molar-refractivity contribution in [1.82, 2.24) is 5.32 Å². The van der Waals surface area contributed by atoms with Gasteiger partial charge in [0.2, 0.25) is 0 Å². The third-order valence-electron chi connectivity index (χ3n) is 6.58. The molecule has 18 heavy (non-hydrogen) atoms. The van der Waals surface area contributed by atoms with E-state index >= 15 is 0 Å². The molecule has 0 spiro atoms. The first-order chi connectivity index (χ1) is 8.38. The monoisotopic (exact) mass is 269 g/mol. The number of rotatable bonds is 4. The highest BCUT2D eigenvalue weighted by molar-refractivity contribution is 5.85. The molecular formula is C16H28ClN. The number of hydrogen-bond acceptors (Lipinski definition) is 1. The van der Waals surface area contributed by atoms with Crippen LogP contribution in [0.25, 0.3) is 0 Å². The molecule has 2 heteroatoms. The summed E-state index contributed by atoms with van der Waals surface area (Å²) in [7, 11) is 0. The Morgan fingerprint density at radius 3 is 1.50 bits per heavy atom. The Morgan fingerprint density at radius 2 is 1.17 bits per heavy atom. The van der Waals surface area contributed by atoms with Crippen LogP contribution in [0.5, 0.6) is 0 Å². The number of fused-ring (bicyclic) bond motifs is 4. The number of hydrogen-bond donors (Lipinski definition) is 1. The van der Waals surface area contributed by atoms with Gasteiger partial charge < -0.3 is 5.32 Å². The normalized spacial score (nSPS) is 48.7. The van der Waals surface area contributed by atoms with Crippen molar-refractivity contribution in [1.29, 1.82) is 0 Å². The summed E-state index contributed by atoms with van der Waals surface area (Å²) in [4.78, 5) is 0. The molecule has 0 amide bonds. The summed E-state index contributed by atoms with van der Waals surface area (Å²) in [5.41, 5.74) is 0. The van der Waals surface area contributed by atoms with E-state index < -0.39 is 0 Å². The average Bonchev–Trinajstić information content (AvgIpc) is 3.09. The van der Waals surface area contributed by atoms with Crippen molar-refractivity contribution in [3.05, 3.63) is 0 Å². The van der Waals surface area contributed by atoms with E-state index in [4.69, 9.17) is 0 Å². The molecular weight excluding hydrogens is 242 g/mol. The molecule has 0 aromatic rings. The lowest BCUT2D eigenvalue weighted by Gasteiger charge is -2.25. The van der Waals surface area contributed by atoms with Gasteiger partial charge in [-0.05, 0) is 87.1 Å². The molecule has 0 saturated heterocycles. The minimum absolute atomic E-state index is 0. The van der Waals surface area contributed by atoms with Crippen molar-refractivity contribution >= 4 is 12.4 Å². The Labute approximate surface area is 118 Å². The van der Waals surface area contributed by atoms with Crippen LogP contribution < -0.4 is 5.32 Å². The smallest absolute Gasteiger partial charge is 0.00176 e. The second-order valence-corrected chi connectivity index (χ2v) is 7.53. The molecule has 4 fully saturated rings. The quantitative estimate of drug-likeness (QED) is 0.817. The molecule has 6 unspecified atom stereocenters. The molecule has 104 valence electrons. The highest BCUT2D eigenvalue weighted by Crippen LogP contribution is 2.49. The fraction of sp³-hybridized carbons (Fsp3) is 1.00. The minimum Gasteiger partial charge on any atom is -0.316 e. The zero-order chi connectivity index (χ0) is 11.2. The minimum atomic E-state index is 0. The first kappa shape index (κ1) is 13.2. The van der Waals surface area contributed by atoms with E-state index in [1.165, 1.54) is 13.1 Å². The Hall–Kier alpha value is 0.250. The van der Waals surface area contributed by atoms with Crippen LogP contribution in [-0.2, 0) is 0 Å². The molecule has 4 aliphatic carbocycles. The molecule has 4 rings (SSSR count). The SMILES string of the molecule is C1CC2CC1CC2CNCC1CC2CCC1C2.Cl. The summed E-state index contributed by atoms with van der Waals surface area (Å²) >= 11 is 0. The summed E-state index contributed by atoms with van der Waals surface area (Å²) in [5, 5.41) is 3.84. The van der Waals surface area contributed by atoms with Crippen LogP contribution in [0, 0.1) is 35.5 Å². The largest absolute Gasteiger partial charge is 0.316 e. The second kappa shape index (κ2) is 5.32. The molecule has 0 radical (unpaired) electrons. The van der Waals surface area contributed by atoms with Gasteiger partial charge in [0.05, 0.1) is 0 Å². The van der Waals surface area contributed by atoms with Crippen LogP contribution in [0.2, 0.25) is 0 Å². The van der Waals surface area contributed by atoms with Gasteiger partial charge in [0, 0.05) is 0 Å². The van der Waals surface area contributed by atoms with Gasteiger partial charge in [0.25, 0.3) is 0 Å². The Bertz CT molecular complexity index is 265. The lowest BCUT2D eigenvalue weighted by Crippen LogP contribution is -2.32. The van der Waals surface area contributed by atoms with E-state index in [1.807, 2.05) is 0 Å². The van der Waals surface area contributed by atoms with Gasteiger partial charge >= 0.3 is 0 Å². The zero-order valence-corrected chi connectivity index (χ0v) is 12.3. The van der Waals surface area contributed by atoms with Crippen molar-refractivity contribution in [2.45, 2.75) is 51.4 Å². The van der Waals surface area contributed by atoms with Gasteiger partial charge in [0.15, 0.2) is 0 Å². The fourth-order valence-corrected chi connectivity index (χ4v) is 5.71. The fourth-order valence-electron chi connectivity index (χ4n) is 5.71. The molecule has 4 aliphatic rings. The van der Waals surface area contributed by atoms with E-state index in [2.05, 4.69) is 5.32 Å². The van der Waals surface area contributed by atoms with E-state index in [0.717, 1.165) is 35.5 Å². The van der Waals surface area contributed by atoms with Crippen molar-refractivity contribution in [3.63, 3.8) is 0 Å². The lowest BCUT2D eigenvalue weighted by molar-refractivity contribution is 0.282. The highest BCUT2D eigenvalue weighted by atomic mass is 35.5. The van der Waals surface area contributed by atoms with Gasteiger partial charge in [-0.2, -0.15) is 0 Å². The van der Waals surface area contributed by atoms with Crippen LogP contribution in [0.15, 0.2) is 0 Å². The summed E-state index contributed by atoms with van der Waals surface area (Å²) in [6.45, 7) is 2.68. The Balaban J connectivity index is 0.000001000. The topological polar surface area (TPSA) is 12.0 Å². The molecule has 4 bridgehead atoms. The third kappa shape index (κ3) is 2.33. The van der Waals surface area contributed by atoms with Gasteiger partial charge in [-0.25, -0.2) is 0 Å². The second-order valence-electron chi connectivity index (χ2n) is 7.53. The number of nitrogens with one attached hydrogen (secondary N) is 1. The summed E-state index contributed by atoms with van der Waals surface area (Å²) in [6, 6.07) is 0. The summed E-state index contributed by atoms with van der Waals surface area (Å²) < 4.78 is 0. The number of halogens is 1. The van der Waals surface area contributed by atoms with Gasteiger partial charge in [0.1, 0.15) is 0 Å². The molecule has 0 heterocycles. The van der Waals surface area contributed by atoms with Crippen LogP contribution in [0.3, 0.4) is 0 Å². The maximum absolute atomic E-state index is 3.84. The first-order valence-electron chi connectivity index (χ1n) is 8.09. The predicted octanol–water partition coefficient (Wildman–Crippen LogP) is 3.87. The van der Waals surface area contributed by atoms with E-state index in [-0.39, 0.29) is 12.4 Å². The van der Waals surface area contributed by atoms with Gasteiger partial charge in [-0.1, -0.05) is 12.8 Å². The van der Waals surface area contributed by atoms with Gasteiger partial charge in [-0.15, -0.1) is 12.4 Å². The first-order valence-corrected chi connectivity index (χ1v) is 8.09. The molecule has 6 atom stereocenters. The molecule has 0 aromatic carbocycles. The molecule has 1 nitrogen and oxygen atoms in total. The van der Waals surface area contributed by atoms with Crippen LogP contribution in [0.4, 0.5) is 0 Å². The molecule has 0 aromatic heterocycles. The van der Waals surface area contributed by atoms with Crippen molar-refractivity contribution < 1.29 is 0 Å². The maximum Gasteiger partial charge on any atom is -0.00176 e. The van der Waals surface area contributed by atoms with E-state index in [1.54, 1.807) is 51.4 Å². The zero-order valence-electron chi connectivity index (χ0n) is 11.4. The molecule has 0 aliphatic heterocycles. The predicted molar refractivity (Wildman–Crippen MR) is 78.0 cm³/mol. The van der Waals surface area contributed by atoms with Crippen LogP contribution in [-0.4, -0.2) is 13.1 Å². The van der Waals surface area contributed by atoms with Crippen molar-refractivity contribution in [2.24, 2.45) is 35.5 Å². The van der Waals surface area contributed by atoms with Crippen LogP contribution >= 0.6 is 12.4 Å². The van der Waals surface area contributed by atoms with Crippen LogP contribution in [0.1, 0.15) is 51.4 Å². The lowest BCUT2D eigenvalue weighted by atomic mass is 9.87. The molecule has 1 N–H and O–H groups in total. The average molecular weight is 270 g/mol. The summed E-state index contributed by atoms with van der Waals surface area (Å²) in [5.74, 6) is 6.54. The maximum atomic E-state index is 3.84. The van der Waals surface area contributed by atoms with E-state index in [0.29, 0.717) is 0 Å². The highest BCUT2D eigenvalue weighted by Gasteiger charge is 2.41. The third-order valence-corrected chi connectivity index (χ3v) is 6.58. The summed E-state index contributed by atoms with van der Waals surface area (Å²) in [6.07, 6.45) is 12.4. The Morgan fingerprint density at radius 1 is 0.667 bits per heavy atom. The van der Waals surface area contributed by atoms with Crippen molar-refractivity contribution in [2.75, 3.05) is 13.1 Å². The van der Waals surface area contributed by atoms with Gasteiger partial charge in [-0.3, -0.25) is 0 Å². The van der Waals surface area contributed by atoms with Crippen molar-refractivity contribution in [3.8, 4) is 0 Å². The van der Waals surface area contributed by atoms with E-state index in [9.17, 15) is 0 Å².